The largest absolute Gasteiger partial charge is 0.512 e. The fourth-order valence-electron chi connectivity index (χ4n) is 3.06. The summed E-state index contributed by atoms with van der Waals surface area (Å²) in [5.74, 6) is 0.844. The average molecular weight is 275 g/mol. The number of piperidine rings is 1. The minimum Gasteiger partial charge on any atom is -0.512 e. The van der Waals surface area contributed by atoms with Crippen LogP contribution < -0.4 is 14.8 Å². The summed E-state index contributed by atoms with van der Waals surface area (Å²) in [7, 11) is 1.58. The number of allylic oxidation sites excluding steroid dienone is 1. The van der Waals surface area contributed by atoms with Gasteiger partial charge in [0.25, 0.3) is 5.91 Å². The minimum atomic E-state index is -0.775. The number of para-hydroxylation sites is 1. The maximum atomic E-state index is 12.2. The minimum absolute atomic E-state index is 0.0465. The van der Waals surface area contributed by atoms with Gasteiger partial charge in [0.2, 0.25) is 0 Å². The van der Waals surface area contributed by atoms with Crippen molar-refractivity contribution in [2.45, 2.75) is 31.9 Å². The number of fused-ring (bicyclic) bond motifs is 4. The third-order valence-corrected chi connectivity index (χ3v) is 3.89. The molecule has 0 radical (unpaired) electrons. The number of amides is 1. The monoisotopic (exact) mass is 275 g/mol. The zero-order valence-electron chi connectivity index (χ0n) is 11.7. The van der Waals surface area contributed by atoms with E-state index >= 15 is 0 Å². The summed E-state index contributed by atoms with van der Waals surface area (Å²) in [5, 5.41) is 12.7. The van der Waals surface area contributed by atoms with Gasteiger partial charge in [-0.05, 0) is 19.9 Å². The lowest BCUT2D eigenvalue weighted by Crippen LogP contribution is -2.58. The van der Waals surface area contributed by atoms with Crippen LogP contribution in [0.25, 0.3) is 0 Å². The molecule has 2 aliphatic rings. The van der Waals surface area contributed by atoms with Crippen molar-refractivity contribution < 1.29 is 19.4 Å². The molecule has 2 heterocycles. The summed E-state index contributed by atoms with van der Waals surface area (Å²) in [4.78, 5) is 12.2. The van der Waals surface area contributed by atoms with Crippen LogP contribution in [0.5, 0.6) is 11.5 Å². The number of aliphatic hydroxyl groups excluding tert-OH is 1. The quantitative estimate of drug-likeness (QED) is 0.609. The molecule has 106 valence electrons. The normalized spacial score (nSPS) is 29.9. The van der Waals surface area contributed by atoms with E-state index in [1.807, 2.05) is 25.1 Å². The van der Waals surface area contributed by atoms with Gasteiger partial charge in [-0.3, -0.25) is 4.79 Å². The van der Waals surface area contributed by atoms with Gasteiger partial charge in [-0.15, -0.1) is 0 Å². The summed E-state index contributed by atoms with van der Waals surface area (Å²) < 4.78 is 11.3. The van der Waals surface area contributed by atoms with Crippen molar-refractivity contribution in [2.75, 3.05) is 7.11 Å². The van der Waals surface area contributed by atoms with E-state index in [2.05, 4.69) is 5.32 Å². The van der Waals surface area contributed by atoms with Crippen LogP contribution >= 0.6 is 0 Å². The first-order chi connectivity index (χ1) is 9.45. The summed E-state index contributed by atoms with van der Waals surface area (Å²) in [6, 6.07) is 5.59. The van der Waals surface area contributed by atoms with Gasteiger partial charge in [0.05, 0.1) is 18.4 Å². The van der Waals surface area contributed by atoms with Crippen LogP contribution in [-0.2, 0) is 4.79 Å². The molecule has 3 rings (SSSR count). The third kappa shape index (κ3) is 1.73. The highest BCUT2D eigenvalue weighted by Crippen LogP contribution is 2.50. The predicted octanol–water partition coefficient (Wildman–Crippen LogP) is 2.24. The van der Waals surface area contributed by atoms with E-state index in [1.54, 1.807) is 7.11 Å². The Bertz CT molecular complexity index is 618. The fourth-order valence-corrected chi connectivity index (χ4v) is 3.06. The standard InChI is InChI=1S/C15H17NO4/c1-8(17)12-10-7-15(2,16-14(12)18)20-13-9(10)5-4-6-11(13)19-3/h4-6,10,17H,7H2,1-3H3,(H,16,18)/b12-8+. The van der Waals surface area contributed by atoms with Crippen molar-refractivity contribution in [3.63, 3.8) is 0 Å². The number of benzene rings is 1. The van der Waals surface area contributed by atoms with Gasteiger partial charge in [0.15, 0.2) is 17.2 Å². The molecule has 1 amide bonds. The van der Waals surface area contributed by atoms with Crippen molar-refractivity contribution >= 4 is 5.91 Å². The van der Waals surface area contributed by atoms with Gasteiger partial charge in [0.1, 0.15) is 0 Å². The molecule has 1 saturated heterocycles. The molecule has 20 heavy (non-hydrogen) atoms. The Labute approximate surface area is 117 Å². The van der Waals surface area contributed by atoms with E-state index in [4.69, 9.17) is 9.47 Å². The van der Waals surface area contributed by atoms with Crippen LogP contribution in [0.3, 0.4) is 0 Å². The number of rotatable bonds is 1. The molecule has 2 atom stereocenters. The zero-order valence-corrected chi connectivity index (χ0v) is 11.7. The molecule has 2 unspecified atom stereocenters. The van der Waals surface area contributed by atoms with Crippen LogP contribution in [0.2, 0.25) is 0 Å². The van der Waals surface area contributed by atoms with Gasteiger partial charge in [-0.25, -0.2) is 0 Å². The Morgan fingerprint density at radius 1 is 1.55 bits per heavy atom. The second kappa shape index (κ2) is 4.16. The Hall–Kier alpha value is -2.17. The number of ether oxygens (including phenoxy) is 2. The van der Waals surface area contributed by atoms with Crippen LogP contribution in [0.15, 0.2) is 29.5 Å². The molecule has 0 saturated carbocycles. The fraction of sp³-hybridized carbons (Fsp3) is 0.400. The SMILES string of the molecule is COc1cccc2c1OC1(C)CC2/C(=C(/C)O)C(=O)N1. The molecule has 1 aromatic rings. The van der Waals surface area contributed by atoms with E-state index in [0.717, 1.165) is 5.56 Å². The molecule has 5 nitrogen and oxygen atoms in total. The Morgan fingerprint density at radius 3 is 2.95 bits per heavy atom. The lowest BCUT2D eigenvalue weighted by atomic mass is 9.78. The first-order valence-electron chi connectivity index (χ1n) is 6.53. The molecule has 5 heteroatoms. The number of hydrogen-bond acceptors (Lipinski definition) is 4. The number of hydrogen-bond donors (Lipinski definition) is 2. The van der Waals surface area contributed by atoms with E-state index in [9.17, 15) is 9.90 Å². The molecule has 0 aromatic heterocycles. The van der Waals surface area contributed by atoms with Gasteiger partial charge in [-0.2, -0.15) is 0 Å². The molecular weight excluding hydrogens is 258 g/mol. The van der Waals surface area contributed by atoms with Gasteiger partial charge >= 0.3 is 0 Å². The molecule has 2 N–H and O–H groups in total. The van der Waals surface area contributed by atoms with Crippen molar-refractivity contribution in [2.24, 2.45) is 0 Å². The highest BCUT2D eigenvalue weighted by atomic mass is 16.5. The van der Waals surface area contributed by atoms with Crippen molar-refractivity contribution in [1.82, 2.24) is 5.32 Å². The van der Waals surface area contributed by atoms with Crippen LogP contribution in [0, 0.1) is 0 Å². The van der Waals surface area contributed by atoms with Gasteiger partial charge < -0.3 is 19.9 Å². The van der Waals surface area contributed by atoms with E-state index in [-0.39, 0.29) is 17.6 Å². The number of nitrogens with one attached hydrogen (secondary N) is 1. The Balaban J connectivity index is 2.23. The number of aliphatic hydroxyl groups is 1. The lowest BCUT2D eigenvalue weighted by molar-refractivity contribution is -0.127. The predicted molar refractivity (Wildman–Crippen MR) is 72.9 cm³/mol. The Morgan fingerprint density at radius 2 is 2.30 bits per heavy atom. The topological polar surface area (TPSA) is 67.8 Å². The molecule has 0 spiro atoms. The van der Waals surface area contributed by atoms with Gasteiger partial charge in [0, 0.05) is 17.9 Å². The van der Waals surface area contributed by atoms with Crippen molar-refractivity contribution in [1.29, 1.82) is 0 Å². The number of carbonyl (C=O) groups excluding carboxylic acids is 1. The third-order valence-electron chi connectivity index (χ3n) is 3.89. The smallest absolute Gasteiger partial charge is 0.254 e. The molecule has 0 aliphatic carbocycles. The highest BCUT2D eigenvalue weighted by molar-refractivity contribution is 5.97. The first-order valence-corrected chi connectivity index (χ1v) is 6.53. The number of methoxy groups -OCH3 is 1. The van der Waals surface area contributed by atoms with Crippen LogP contribution in [0.4, 0.5) is 0 Å². The Kier molecular flexibility index (Phi) is 2.67. The van der Waals surface area contributed by atoms with Gasteiger partial charge in [-0.1, -0.05) is 12.1 Å². The lowest BCUT2D eigenvalue weighted by Gasteiger charge is -2.45. The molecule has 1 fully saturated rings. The van der Waals surface area contributed by atoms with Crippen molar-refractivity contribution in [3.05, 3.63) is 35.1 Å². The van der Waals surface area contributed by atoms with Crippen LogP contribution in [-0.4, -0.2) is 23.8 Å². The zero-order chi connectivity index (χ0) is 14.5. The second-order valence-corrected chi connectivity index (χ2v) is 5.42. The number of carbonyl (C=O) groups is 1. The average Bonchev–Trinajstić information content (AvgIpc) is 2.36. The van der Waals surface area contributed by atoms with E-state index in [0.29, 0.717) is 23.5 Å². The first kappa shape index (κ1) is 12.8. The summed E-state index contributed by atoms with van der Waals surface area (Å²) >= 11 is 0. The summed E-state index contributed by atoms with van der Waals surface area (Å²) in [5.41, 5.74) is 0.503. The van der Waals surface area contributed by atoms with Crippen LogP contribution in [0.1, 0.15) is 31.7 Å². The van der Waals surface area contributed by atoms with E-state index in [1.165, 1.54) is 6.92 Å². The maximum absolute atomic E-state index is 12.2. The molecule has 2 bridgehead atoms. The molecular formula is C15H17NO4. The summed E-state index contributed by atoms with van der Waals surface area (Å²) in [6.07, 6.45) is 0.589. The second-order valence-electron chi connectivity index (χ2n) is 5.42. The molecule has 2 aliphatic heterocycles. The summed E-state index contributed by atoms with van der Waals surface area (Å²) in [6.45, 7) is 3.36. The van der Waals surface area contributed by atoms with Crippen molar-refractivity contribution in [3.8, 4) is 11.5 Å². The molecule has 1 aromatic carbocycles. The maximum Gasteiger partial charge on any atom is 0.254 e. The van der Waals surface area contributed by atoms with E-state index < -0.39 is 5.72 Å². The highest BCUT2D eigenvalue weighted by Gasteiger charge is 2.48.